The van der Waals surface area contributed by atoms with E-state index >= 15 is 0 Å². The van der Waals surface area contributed by atoms with Gasteiger partial charge in [0.15, 0.2) is 0 Å². The molecule has 0 aliphatic rings. The van der Waals surface area contributed by atoms with Gasteiger partial charge in [0.25, 0.3) is 0 Å². The molecule has 0 heterocycles. The fraction of sp³-hybridized carbons (Fsp3) is 1.00. The predicted octanol–water partition coefficient (Wildman–Crippen LogP) is 1.69. The lowest BCUT2D eigenvalue weighted by molar-refractivity contribution is -0.304. The van der Waals surface area contributed by atoms with Crippen molar-refractivity contribution >= 4 is 25.3 Å². The highest BCUT2D eigenvalue weighted by Gasteiger charge is 2.67. The van der Waals surface area contributed by atoms with E-state index in [-0.39, 0.29) is 0 Å². The van der Waals surface area contributed by atoms with E-state index in [0.29, 0.717) is 0 Å². The Labute approximate surface area is 69.4 Å². The average molecular weight is 214 g/mol. The standard InChI is InChI=1S/C3H3F5OS2/c4-1(5,2(6,7)8)3(9,10)11/h9-11H. The Balaban J connectivity index is 4.75. The fourth-order valence-corrected chi connectivity index (χ4v) is 0.444. The molecule has 0 aliphatic carbocycles. The van der Waals surface area contributed by atoms with Crippen molar-refractivity contribution in [2.24, 2.45) is 0 Å². The van der Waals surface area contributed by atoms with Crippen LogP contribution in [0.4, 0.5) is 22.0 Å². The van der Waals surface area contributed by atoms with Crippen LogP contribution in [0.5, 0.6) is 0 Å². The molecule has 1 N–H and O–H groups in total. The van der Waals surface area contributed by atoms with Gasteiger partial charge in [0.2, 0.25) is 4.27 Å². The highest BCUT2D eigenvalue weighted by Crippen LogP contribution is 2.46. The lowest BCUT2D eigenvalue weighted by atomic mass is 10.3. The molecule has 0 fully saturated rings. The molecule has 68 valence electrons. The molecule has 0 amide bonds. The zero-order chi connectivity index (χ0) is 9.50. The second-order valence-corrected chi connectivity index (χ2v) is 3.35. The largest absolute Gasteiger partial charge is 0.458 e. The van der Waals surface area contributed by atoms with Crippen molar-refractivity contribution in [1.29, 1.82) is 0 Å². The number of aliphatic hydroxyl groups is 1. The lowest BCUT2D eigenvalue weighted by Crippen LogP contribution is -2.50. The highest BCUT2D eigenvalue weighted by atomic mass is 32.2. The summed E-state index contributed by atoms with van der Waals surface area (Å²) < 4.78 is 54.1. The molecule has 0 saturated carbocycles. The third-order valence-corrected chi connectivity index (χ3v) is 1.34. The second-order valence-electron chi connectivity index (χ2n) is 1.71. The molecule has 0 aromatic heterocycles. The Bertz CT molecular complexity index is 131. The SMILES string of the molecule is OC(S)(S)C(F)(F)C(F)(F)F. The Morgan fingerprint density at radius 3 is 1.18 bits per heavy atom. The second kappa shape index (κ2) is 2.67. The number of halogens is 5. The minimum atomic E-state index is -5.86. The summed E-state index contributed by atoms with van der Waals surface area (Å²) in [5.74, 6) is -5.34. The first kappa shape index (κ1) is 11.3. The topological polar surface area (TPSA) is 20.2 Å². The van der Waals surface area contributed by atoms with Crippen LogP contribution < -0.4 is 0 Å². The molecule has 0 radical (unpaired) electrons. The van der Waals surface area contributed by atoms with E-state index in [1.807, 2.05) is 0 Å². The van der Waals surface area contributed by atoms with E-state index in [4.69, 9.17) is 5.11 Å². The van der Waals surface area contributed by atoms with Crippen molar-refractivity contribution in [1.82, 2.24) is 0 Å². The van der Waals surface area contributed by atoms with E-state index < -0.39 is 16.4 Å². The van der Waals surface area contributed by atoms with Crippen LogP contribution in [0.1, 0.15) is 0 Å². The maximum absolute atomic E-state index is 11.9. The van der Waals surface area contributed by atoms with Gasteiger partial charge < -0.3 is 5.11 Å². The van der Waals surface area contributed by atoms with Gasteiger partial charge in [-0.15, -0.1) is 25.3 Å². The summed E-state index contributed by atoms with van der Waals surface area (Å²) in [4.78, 5) is 0. The zero-order valence-corrected chi connectivity index (χ0v) is 6.52. The molecule has 0 rings (SSSR count). The Hall–Kier alpha value is 0.310. The summed E-state index contributed by atoms with van der Waals surface area (Å²) in [6.07, 6.45) is -5.86. The molecule has 0 aromatic rings. The maximum atomic E-state index is 11.9. The molecule has 0 aromatic carbocycles. The van der Waals surface area contributed by atoms with Crippen molar-refractivity contribution < 1.29 is 27.1 Å². The van der Waals surface area contributed by atoms with Gasteiger partial charge >= 0.3 is 12.1 Å². The van der Waals surface area contributed by atoms with Crippen molar-refractivity contribution in [3.63, 3.8) is 0 Å². The molecular weight excluding hydrogens is 211 g/mol. The van der Waals surface area contributed by atoms with E-state index in [2.05, 4.69) is 25.3 Å². The number of alkyl halides is 5. The molecule has 0 unspecified atom stereocenters. The fourth-order valence-electron chi connectivity index (χ4n) is 0.190. The zero-order valence-electron chi connectivity index (χ0n) is 4.73. The summed E-state index contributed by atoms with van der Waals surface area (Å²) in [6.45, 7) is 0. The van der Waals surface area contributed by atoms with E-state index in [1.165, 1.54) is 0 Å². The van der Waals surface area contributed by atoms with Gasteiger partial charge in [-0.1, -0.05) is 0 Å². The van der Waals surface area contributed by atoms with Crippen molar-refractivity contribution in [2.45, 2.75) is 16.4 Å². The van der Waals surface area contributed by atoms with Gasteiger partial charge in [0.1, 0.15) is 0 Å². The van der Waals surface area contributed by atoms with E-state index in [9.17, 15) is 22.0 Å². The minimum Gasteiger partial charge on any atom is -0.366 e. The van der Waals surface area contributed by atoms with Crippen molar-refractivity contribution in [3.8, 4) is 0 Å². The summed E-state index contributed by atoms with van der Waals surface area (Å²) >= 11 is 5.16. The van der Waals surface area contributed by atoms with Crippen LogP contribution in [0.15, 0.2) is 0 Å². The van der Waals surface area contributed by atoms with Gasteiger partial charge in [-0.2, -0.15) is 22.0 Å². The van der Waals surface area contributed by atoms with Gasteiger partial charge in [-0.25, -0.2) is 0 Å². The molecule has 11 heavy (non-hydrogen) atoms. The average Bonchev–Trinajstić information content (AvgIpc) is 1.58. The molecule has 0 saturated heterocycles. The number of rotatable bonds is 1. The van der Waals surface area contributed by atoms with Crippen LogP contribution in [0, 0.1) is 0 Å². The quantitative estimate of drug-likeness (QED) is 0.344. The number of hydrogen-bond donors (Lipinski definition) is 3. The Morgan fingerprint density at radius 2 is 1.18 bits per heavy atom. The lowest BCUT2D eigenvalue weighted by Gasteiger charge is -2.28. The van der Waals surface area contributed by atoms with Crippen LogP contribution in [0.3, 0.4) is 0 Å². The third-order valence-electron chi connectivity index (χ3n) is 0.777. The maximum Gasteiger partial charge on any atom is 0.458 e. The molecule has 0 aliphatic heterocycles. The summed E-state index contributed by atoms with van der Waals surface area (Å²) in [6, 6.07) is 0. The van der Waals surface area contributed by atoms with Crippen LogP contribution in [-0.4, -0.2) is 21.5 Å². The molecule has 0 atom stereocenters. The highest BCUT2D eigenvalue weighted by molar-refractivity contribution is 8.00. The van der Waals surface area contributed by atoms with Gasteiger partial charge in [-0.05, 0) is 0 Å². The predicted molar refractivity (Wildman–Crippen MR) is 33.9 cm³/mol. The molecule has 1 nitrogen and oxygen atoms in total. The van der Waals surface area contributed by atoms with E-state index in [0.717, 1.165) is 0 Å². The summed E-state index contributed by atoms with van der Waals surface area (Å²) in [7, 11) is 0. The van der Waals surface area contributed by atoms with Crippen molar-refractivity contribution in [2.75, 3.05) is 0 Å². The normalized spacial score (nSPS) is 15.3. The number of hydrogen-bond acceptors (Lipinski definition) is 3. The molecule has 0 bridgehead atoms. The van der Waals surface area contributed by atoms with Crippen molar-refractivity contribution in [3.05, 3.63) is 0 Å². The minimum absolute atomic E-state index is 2.58. The molecule has 8 heteroatoms. The Morgan fingerprint density at radius 1 is 0.909 bits per heavy atom. The third kappa shape index (κ3) is 2.12. The molecular formula is C3H3F5OS2. The summed E-state index contributed by atoms with van der Waals surface area (Å²) in [5.41, 5.74) is 0. The van der Waals surface area contributed by atoms with Gasteiger partial charge in [0.05, 0.1) is 0 Å². The first-order valence-electron chi connectivity index (χ1n) is 2.12. The van der Waals surface area contributed by atoms with Crippen LogP contribution in [-0.2, 0) is 0 Å². The van der Waals surface area contributed by atoms with Crippen LogP contribution >= 0.6 is 25.3 Å². The monoisotopic (exact) mass is 214 g/mol. The molecule has 0 spiro atoms. The van der Waals surface area contributed by atoms with Gasteiger partial charge in [-0.3, -0.25) is 0 Å². The Kier molecular flexibility index (Phi) is 2.74. The van der Waals surface area contributed by atoms with Crippen LogP contribution in [0.25, 0.3) is 0 Å². The van der Waals surface area contributed by atoms with Crippen LogP contribution in [0.2, 0.25) is 0 Å². The number of thiol groups is 2. The smallest absolute Gasteiger partial charge is 0.366 e. The first-order valence-corrected chi connectivity index (χ1v) is 3.01. The first-order chi connectivity index (χ1) is 4.50. The van der Waals surface area contributed by atoms with E-state index in [1.54, 1.807) is 0 Å². The summed E-state index contributed by atoms with van der Waals surface area (Å²) in [5, 5.41) is 8.14. The van der Waals surface area contributed by atoms with Gasteiger partial charge in [0, 0.05) is 0 Å².